The maximum absolute atomic E-state index is 2.46. The van der Waals surface area contributed by atoms with Gasteiger partial charge in [-0.3, -0.25) is 0 Å². The summed E-state index contributed by atoms with van der Waals surface area (Å²) in [5, 5.41) is 14.0. The van der Waals surface area contributed by atoms with Gasteiger partial charge < -0.3 is 9.13 Å². The highest BCUT2D eigenvalue weighted by atomic mass is 28.3. The van der Waals surface area contributed by atoms with Crippen LogP contribution in [0, 0.1) is 0 Å². The van der Waals surface area contributed by atoms with Crippen LogP contribution < -0.4 is 10.6 Å². The zero-order chi connectivity index (χ0) is 24.2. The van der Waals surface area contributed by atoms with Crippen molar-refractivity contribution in [3.8, 4) is 0 Å². The van der Waals surface area contributed by atoms with Crippen LogP contribution in [0.1, 0.15) is 0 Å². The lowest BCUT2D eigenvalue weighted by molar-refractivity contribution is 0.996. The summed E-state index contributed by atoms with van der Waals surface area (Å²) in [6, 6.07) is 23.7. The van der Waals surface area contributed by atoms with Crippen LogP contribution >= 0.6 is 0 Å². The van der Waals surface area contributed by atoms with E-state index in [2.05, 4.69) is 123 Å². The summed E-state index contributed by atoms with van der Waals surface area (Å²) in [6.07, 6.45) is 0. The summed E-state index contributed by atoms with van der Waals surface area (Å²) >= 11 is 0. The summed E-state index contributed by atoms with van der Waals surface area (Å²) in [4.78, 5) is 0. The van der Waals surface area contributed by atoms with Crippen LogP contribution in [0.25, 0.3) is 54.1 Å². The van der Waals surface area contributed by atoms with Crippen LogP contribution in [-0.2, 0) is 14.1 Å². The van der Waals surface area contributed by atoms with Gasteiger partial charge in [0.05, 0.1) is 16.1 Å². The molecule has 2 aromatic heterocycles. The number of hydrogen-bond donors (Lipinski definition) is 0. The Bertz CT molecular complexity index is 1650. The van der Waals surface area contributed by atoms with E-state index in [1.54, 1.807) is 0 Å². The van der Waals surface area contributed by atoms with Gasteiger partial charge in [-0.15, -0.1) is 0 Å². The maximum atomic E-state index is 2.46. The van der Waals surface area contributed by atoms with E-state index >= 15 is 0 Å². The third-order valence-electron chi connectivity index (χ3n) is 7.78. The van der Waals surface area contributed by atoms with Gasteiger partial charge in [-0.2, -0.15) is 0 Å². The van der Waals surface area contributed by atoms with Crippen molar-refractivity contribution in [2.24, 2.45) is 14.1 Å². The molecule has 0 amide bonds. The number of hydrogen-bond acceptors (Lipinski definition) is 0. The fourth-order valence-corrected chi connectivity index (χ4v) is 9.52. The molecule has 0 unspecified atom stereocenters. The van der Waals surface area contributed by atoms with Crippen molar-refractivity contribution in [2.75, 3.05) is 0 Å². The molecule has 0 aliphatic carbocycles. The maximum Gasteiger partial charge on any atom is 0.0984 e. The van der Waals surface area contributed by atoms with Crippen molar-refractivity contribution < 1.29 is 0 Å². The summed E-state index contributed by atoms with van der Waals surface area (Å²) in [5.41, 5.74) is 2.69. The van der Waals surface area contributed by atoms with Crippen LogP contribution in [0.5, 0.6) is 0 Å². The minimum Gasteiger partial charge on any atom is -0.352 e. The van der Waals surface area contributed by atoms with Crippen molar-refractivity contribution in [3.05, 3.63) is 60.7 Å². The Morgan fingerprint density at radius 1 is 0.412 bits per heavy atom. The van der Waals surface area contributed by atoms with Crippen molar-refractivity contribution in [1.29, 1.82) is 0 Å². The highest BCUT2D eigenvalue weighted by Gasteiger charge is 2.24. The molecule has 0 aliphatic heterocycles. The molecule has 6 rings (SSSR count). The first-order valence-electron chi connectivity index (χ1n) is 12.3. The van der Waals surface area contributed by atoms with Crippen LogP contribution in [0.2, 0.25) is 39.3 Å². The van der Waals surface area contributed by atoms with Gasteiger partial charge in [0.1, 0.15) is 0 Å². The summed E-state index contributed by atoms with van der Waals surface area (Å²) < 4.78 is 4.85. The standard InChI is InChI=1S/C30H34N2Si2/c1-31-27-15-13-21-19-10-12-24-22(14-16-28-26(24)18-30(32(28)2)34(6,7)8)20(19)9-11-23(21)25(27)17-29(31)33(3,4)5/h9-18H,1-8H3. The molecule has 0 atom stereocenters. The Morgan fingerprint density at radius 3 is 0.971 bits per heavy atom. The number of nitrogens with zero attached hydrogens (tertiary/aromatic N) is 2. The first-order chi connectivity index (χ1) is 16.0. The van der Waals surface area contributed by atoms with E-state index in [-0.39, 0.29) is 0 Å². The third kappa shape index (κ3) is 2.91. The molecule has 172 valence electrons. The average Bonchev–Trinajstić information content (AvgIpc) is 3.30. The van der Waals surface area contributed by atoms with Crippen LogP contribution in [-0.4, -0.2) is 25.3 Å². The minimum atomic E-state index is -1.42. The van der Waals surface area contributed by atoms with E-state index in [4.69, 9.17) is 0 Å². The van der Waals surface area contributed by atoms with Gasteiger partial charge in [0.15, 0.2) is 0 Å². The van der Waals surface area contributed by atoms with Gasteiger partial charge in [0.2, 0.25) is 0 Å². The molecular formula is C30H34N2Si2. The van der Waals surface area contributed by atoms with Crippen molar-refractivity contribution in [2.45, 2.75) is 39.3 Å². The average molecular weight is 479 g/mol. The Morgan fingerprint density at radius 2 is 0.676 bits per heavy atom. The molecule has 0 aliphatic rings. The quantitative estimate of drug-likeness (QED) is 0.184. The molecule has 0 saturated carbocycles. The van der Waals surface area contributed by atoms with E-state index < -0.39 is 16.1 Å². The van der Waals surface area contributed by atoms with Gasteiger partial charge in [0.25, 0.3) is 0 Å². The molecule has 0 saturated heterocycles. The highest BCUT2D eigenvalue weighted by molar-refractivity contribution is 6.89. The second-order valence-electron chi connectivity index (χ2n) is 12.1. The Hall–Kier alpha value is -2.83. The minimum absolute atomic E-state index is 1.34. The Labute approximate surface area is 203 Å². The van der Waals surface area contributed by atoms with E-state index in [9.17, 15) is 0 Å². The molecule has 0 bridgehead atoms. The number of rotatable bonds is 2. The van der Waals surface area contributed by atoms with Crippen LogP contribution in [0.3, 0.4) is 0 Å². The van der Waals surface area contributed by atoms with Gasteiger partial charge in [-0.25, -0.2) is 0 Å². The first kappa shape index (κ1) is 21.7. The predicted molar refractivity (Wildman–Crippen MR) is 158 cm³/mol. The normalized spacial score (nSPS) is 13.3. The smallest absolute Gasteiger partial charge is 0.0984 e. The van der Waals surface area contributed by atoms with Crippen LogP contribution in [0.4, 0.5) is 0 Å². The first-order valence-corrected chi connectivity index (χ1v) is 19.3. The molecule has 0 N–H and O–H groups in total. The summed E-state index contributed by atoms with van der Waals surface area (Å²) in [5.74, 6) is 0. The molecule has 0 radical (unpaired) electrons. The zero-order valence-corrected chi connectivity index (χ0v) is 23.7. The van der Waals surface area contributed by atoms with Gasteiger partial charge in [-0.05, 0) is 56.6 Å². The molecule has 2 heterocycles. The fourth-order valence-electron chi connectivity index (χ4n) is 6.12. The van der Waals surface area contributed by atoms with Crippen molar-refractivity contribution in [3.63, 3.8) is 0 Å². The molecule has 4 heteroatoms. The van der Waals surface area contributed by atoms with E-state index in [1.165, 1.54) is 64.8 Å². The molecule has 4 aromatic carbocycles. The van der Waals surface area contributed by atoms with E-state index in [0.717, 1.165) is 0 Å². The molecule has 34 heavy (non-hydrogen) atoms. The molecule has 0 fully saturated rings. The van der Waals surface area contributed by atoms with Crippen molar-refractivity contribution >= 4 is 80.9 Å². The molecule has 6 aromatic rings. The zero-order valence-electron chi connectivity index (χ0n) is 21.7. The van der Waals surface area contributed by atoms with E-state index in [1.807, 2.05) is 0 Å². The Balaban J connectivity index is 1.68. The Kier molecular flexibility index (Phi) is 4.38. The van der Waals surface area contributed by atoms with E-state index in [0.29, 0.717) is 0 Å². The number of benzene rings is 4. The van der Waals surface area contributed by atoms with Gasteiger partial charge in [0, 0.05) is 46.5 Å². The van der Waals surface area contributed by atoms with Crippen LogP contribution in [0.15, 0.2) is 60.7 Å². The molecule has 0 spiro atoms. The lowest BCUT2D eigenvalue weighted by Crippen LogP contribution is -2.41. The third-order valence-corrected chi connectivity index (χ3v) is 11.8. The largest absolute Gasteiger partial charge is 0.352 e. The number of aromatic nitrogens is 2. The number of aryl methyl sites for hydroxylation is 2. The van der Waals surface area contributed by atoms with Crippen molar-refractivity contribution in [1.82, 2.24) is 9.13 Å². The van der Waals surface area contributed by atoms with Gasteiger partial charge >= 0.3 is 0 Å². The lowest BCUT2D eigenvalue weighted by Gasteiger charge is -2.17. The SMILES string of the molecule is Cn1c([Si](C)(C)C)cc2c3ccc4c(ccc5c4ccc4c5cc([Si](C)(C)C)n4C)c3ccc21. The predicted octanol–water partition coefficient (Wildman–Crippen LogP) is 7.22. The monoisotopic (exact) mass is 478 g/mol. The molecule has 2 nitrogen and oxygen atoms in total. The number of fused-ring (bicyclic) bond motifs is 9. The summed E-state index contributed by atoms with van der Waals surface area (Å²) in [7, 11) is 1.63. The fraction of sp³-hybridized carbons (Fsp3) is 0.267. The topological polar surface area (TPSA) is 9.86 Å². The lowest BCUT2D eigenvalue weighted by atomic mass is 9.94. The molecular weight excluding hydrogens is 445 g/mol. The highest BCUT2D eigenvalue weighted by Crippen LogP contribution is 2.37. The summed E-state index contributed by atoms with van der Waals surface area (Å²) in [6.45, 7) is 14.6. The second kappa shape index (κ2) is 6.86. The van der Waals surface area contributed by atoms with Gasteiger partial charge in [-0.1, -0.05) is 75.7 Å². The second-order valence-corrected chi connectivity index (χ2v) is 22.1.